The lowest BCUT2D eigenvalue weighted by atomic mass is 10.0. The van der Waals surface area contributed by atoms with E-state index in [1.807, 2.05) is 0 Å². The average molecular weight is 488 g/mol. The van der Waals surface area contributed by atoms with Crippen LogP contribution in [-0.2, 0) is 25.8 Å². The van der Waals surface area contributed by atoms with Crippen molar-refractivity contribution >= 4 is 23.7 Å². The second-order valence-corrected chi connectivity index (χ2v) is 7.94. The van der Waals surface area contributed by atoms with Gasteiger partial charge in [0.15, 0.2) is 0 Å². The van der Waals surface area contributed by atoms with E-state index in [0.717, 1.165) is 5.06 Å². The van der Waals surface area contributed by atoms with Gasteiger partial charge in [0.1, 0.15) is 12.6 Å². The molecule has 0 radical (unpaired) electrons. The summed E-state index contributed by atoms with van der Waals surface area (Å²) in [4.78, 5) is 52.1. The molecule has 2 amide bonds. The topological polar surface area (TPSA) is 131 Å². The first-order valence-corrected chi connectivity index (χ1v) is 10.6. The van der Waals surface area contributed by atoms with Gasteiger partial charge in [0.25, 0.3) is 5.69 Å². The van der Waals surface area contributed by atoms with Crippen LogP contribution in [0, 0.1) is 10.1 Å². The van der Waals surface area contributed by atoms with E-state index < -0.39 is 41.2 Å². The van der Waals surface area contributed by atoms with E-state index >= 15 is 0 Å². The fraction of sp³-hybridized carbons (Fsp3) is 0.550. The number of likely N-dealkylation sites (tertiary alicyclic amines) is 1. The van der Waals surface area contributed by atoms with E-state index in [1.165, 1.54) is 29.2 Å². The Morgan fingerprint density at radius 1 is 1.12 bits per heavy atom. The Bertz CT molecular complexity index is 926. The van der Waals surface area contributed by atoms with Gasteiger partial charge in [-0.3, -0.25) is 19.8 Å². The second kappa shape index (κ2) is 10.7. The fourth-order valence-corrected chi connectivity index (χ4v) is 3.76. The third-order valence-corrected chi connectivity index (χ3v) is 5.49. The summed E-state index contributed by atoms with van der Waals surface area (Å²) >= 11 is 0. The summed E-state index contributed by atoms with van der Waals surface area (Å²) in [5.74, 6) is -2.80. The molecule has 0 aromatic heterocycles. The van der Waals surface area contributed by atoms with E-state index in [4.69, 9.17) is 4.74 Å². The summed E-state index contributed by atoms with van der Waals surface area (Å²) in [5, 5.41) is 14.3. The zero-order chi connectivity index (χ0) is 24.9. The normalized spacial score (nSPS) is 21.1. The van der Waals surface area contributed by atoms with E-state index in [-0.39, 0.29) is 38.3 Å². The highest BCUT2D eigenvalue weighted by Crippen LogP contribution is 2.22. The SMILES string of the molecule is O=C(N[C@H]1CCN(OC(=O)C(F)(F)F)C1)C1CCCCN1C(=O)OCc1ccc([N+](=O)[O-])cc1. The summed E-state index contributed by atoms with van der Waals surface area (Å²) in [6.45, 7) is 0.0737. The number of nitro benzene ring substituents is 1. The van der Waals surface area contributed by atoms with Gasteiger partial charge in [0.05, 0.1) is 11.5 Å². The highest BCUT2D eigenvalue weighted by Gasteiger charge is 2.44. The maximum Gasteiger partial charge on any atom is 0.492 e. The van der Waals surface area contributed by atoms with Crippen molar-refractivity contribution in [3.63, 3.8) is 0 Å². The minimum Gasteiger partial charge on any atom is -0.445 e. The molecule has 2 atom stereocenters. The lowest BCUT2D eigenvalue weighted by Gasteiger charge is -2.34. The zero-order valence-electron chi connectivity index (χ0n) is 18.0. The predicted octanol–water partition coefficient (Wildman–Crippen LogP) is 2.30. The number of non-ortho nitro benzene ring substituents is 1. The highest BCUT2D eigenvalue weighted by atomic mass is 19.4. The molecule has 0 aliphatic carbocycles. The minimum atomic E-state index is -5.11. The lowest BCUT2D eigenvalue weighted by molar-refractivity contribution is -0.384. The number of benzene rings is 1. The van der Waals surface area contributed by atoms with Crippen LogP contribution in [-0.4, -0.2) is 70.8 Å². The highest BCUT2D eigenvalue weighted by molar-refractivity contribution is 5.86. The molecule has 14 heteroatoms. The Kier molecular flexibility index (Phi) is 7.91. The van der Waals surface area contributed by atoms with Gasteiger partial charge in [-0.05, 0) is 43.4 Å². The fourth-order valence-electron chi connectivity index (χ4n) is 3.76. The van der Waals surface area contributed by atoms with Gasteiger partial charge in [0.2, 0.25) is 5.91 Å². The number of carbonyl (C=O) groups excluding carboxylic acids is 3. The monoisotopic (exact) mass is 488 g/mol. The number of hydrogen-bond donors (Lipinski definition) is 1. The van der Waals surface area contributed by atoms with E-state index in [2.05, 4.69) is 10.2 Å². The Hall–Kier alpha value is -3.42. The van der Waals surface area contributed by atoms with Crippen LogP contribution in [0.5, 0.6) is 0 Å². The third kappa shape index (κ3) is 6.56. The maximum absolute atomic E-state index is 12.8. The van der Waals surface area contributed by atoms with E-state index in [0.29, 0.717) is 24.8 Å². The molecular formula is C20H23F3N4O7. The largest absolute Gasteiger partial charge is 0.492 e. The van der Waals surface area contributed by atoms with Gasteiger partial charge >= 0.3 is 18.2 Å². The van der Waals surface area contributed by atoms with Gasteiger partial charge in [-0.2, -0.15) is 13.2 Å². The predicted molar refractivity (Wildman–Crippen MR) is 108 cm³/mol. The van der Waals surface area contributed by atoms with Crippen LogP contribution in [0.4, 0.5) is 23.7 Å². The van der Waals surface area contributed by atoms with Gasteiger partial charge in [-0.15, -0.1) is 5.06 Å². The van der Waals surface area contributed by atoms with Gasteiger partial charge in [-0.25, -0.2) is 9.59 Å². The number of amides is 2. The first-order valence-electron chi connectivity index (χ1n) is 10.6. The Balaban J connectivity index is 1.51. The quantitative estimate of drug-likeness (QED) is 0.477. The number of nitro groups is 1. The summed E-state index contributed by atoms with van der Waals surface area (Å²) in [6.07, 6.45) is -3.80. The number of hydrogen-bond acceptors (Lipinski definition) is 8. The Morgan fingerprint density at radius 2 is 1.82 bits per heavy atom. The summed E-state index contributed by atoms with van der Waals surface area (Å²) in [7, 11) is 0. The van der Waals surface area contributed by atoms with Gasteiger partial charge in [0, 0.05) is 31.3 Å². The van der Waals surface area contributed by atoms with Crippen molar-refractivity contribution < 1.29 is 42.1 Å². The van der Waals surface area contributed by atoms with Crippen molar-refractivity contribution in [2.45, 2.75) is 50.6 Å². The number of hydroxylamine groups is 2. The molecule has 2 aliphatic heterocycles. The number of rotatable bonds is 6. The molecule has 3 rings (SSSR count). The molecule has 11 nitrogen and oxygen atoms in total. The van der Waals surface area contributed by atoms with Crippen LogP contribution in [0.2, 0.25) is 0 Å². The number of nitrogens with zero attached hydrogens (tertiary/aromatic N) is 3. The minimum absolute atomic E-state index is 0.0262. The van der Waals surface area contributed by atoms with Crippen molar-refractivity contribution in [3.05, 3.63) is 39.9 Å². The molecule has 2 saturated heterocycles. The molecule has 0 saturated carbocycles. The van der Waals surface area contributed by atoms with Crippen molar-refractivity contribution in [3.8, 4) is 0 Å². The van der Waals surface area contributed by atoms with Crippen molar-refractivity contribution in [2.75, 3.05) is 19.6 Å². The van der Waals surface area contributed by atoms with Gasteiger partial charge in [-0.1, -0.05) is 0 Å². The zero-order valence-corrected chi connectivity index (χ0v) is 18.0. The molecule has 1 aromatic carbocycles. The van der Waals surface area contributed by atoms with E-state index in [1.54, 1.807) is 0 Å². The number of nitrogens with one attached hydrogen (secondary N) is 1. The molecule has 186 valence electrons. The molecule has 0 spiro atoms. The summed E-state index contributed by atoms with van der Waals surface area (Å²) in [5.41, 5.74) is 0.443. The van der Waals surface area contributed by atoms with Crippen molar-refractivity contribution in [1.82, 2.24) is 15.3 Å². The summed E-state index contributed by atoms with van der Waals surface area (Å²) in [6, 6.07) is 4.14. The van der Waals surface area contributed by atoms with Crippen LogP contribution in [0.3, 0.4) is 0 Å². The molecule has 2 heterocycles. The number of piperidine rings is 1. The molecule has 1 unspecified atom stereocenters. The third-order valence-electron chi connectivity index (χ3n) is 5.49. The summed E-state index contributed by atoms with van der Waals surface area (Å²) < 4.78 is 42.3. The first kappa shape index (κ1) is 25.2. The van der Waals surface area contributed by atoms with Crippen LogP contribution >= 0.6 is 0 Å². The maximum atomic E-state index is 12.8. The second-order valence-electron chi connectivity index (χ2n) is 7.94. The molecular weight excluding hydrogens is 465 g/mol. The average Bonchev–Trinajstić information content (AvgIpc) is 3.23. The molecule has 0 bridgehead atoms. The Labute approximate surface area is 191 Å². The van der Waals surface area contributed by atoms with Gasteiger partial charge < -0.3 is 14.9 Å². The number of ether oxygens (including phenoxy) is 1. The standard InChI is InChI=1S/C20H23F3N4O7/c21-20(22,23)18(29)34-25-10-8-14(11-25)24-17(28)16-3-1-2-9-26(16)19(30)33-12-13-4-6-15(7-5-13)27(31)32/h4-7,14,16H,1-3,8-12H2,(H,24,28)/t14-,16?/m0/s1. The number of alkyl halides is 3. The van der Waals surface area contributed by atoms with Crippen LogP contribution in [0.15, 0.2) is 24.3 Å². The Morgan fingerprint density at radius 3 is 2.47 bits per heavy atom. The molecule has 1 N–H and O–H groups in total. The van der Waals surface area contributed by atoms with Crippen LogP contribution in [0.25, 0.3) is 0 Å². The first-order chi connectivity index (χ1) is 16.0. The molecule has 2 aliphatic rings. The van der Waals surface area contributed by atoms with Crippen LogP contribution in [0.1, 0.15) is 31.2 Å². The smallest absolute Gasteiger partial charge is 0.445 e. The number of carbonyl (C=O) groups is 3. The lowest BCUT2D eigenvalue weighted by Crippen LogP contribution is -2.54. The molecule has 1 aromatic rings. The van der Waals surface area contributed by atoms with Crippen LogP contribution < -0.4 is 5.32 Å². The number of halogens is 3. The molecule has 34 heavy (non-hydrogen) atoms. The molecule has 2 fully saturated rings. The van der Waals surface area contributed by atoms with Crippen molar-refractivity contribution in [1.29, 1.82) is 0 Å². The van der Waals surface area contributed by atoms with E-state index in [9.17, 15) is 37.7 Å². The van der Waals surface area contributed by atoms with Crippen molar-refractivity contribution in [2.24, 2.45) is 0 Å².